The van der Waals surface area contributed by atoms with Crippen LogP contribution in [0, 0.1) is 11.7 Å². The van der Waals surface area contributed by atoms with Gasteiger partial charge in [0.2, 0.25) is 0 Å². The first kappa shape index (κ1) is 21.9. The summed E-state index contributed by atoms with van der Waals surface area (Å²) in [7, 11) is 0. The highest BCUT2D eigenvalue weighted by Gasteiger charge is 2.31. The van der Waals surface area contributed by atoms with Crippen LogP contribution in [-0.2, 0) is 22.4 Å². The van der Waals surface area contributed by atoms with Crippen molar-refractivity contribution in [3.05, 3.63) is 51.3 Å². The van der Waals surface area contributed by atoms with Crippen LogP contribution in [0.15, 0.2) is 29.1 Å². The summed E-state index contributed by atoms with van der Waals surface area (Å²) in [5.74, 6) is 1.33. The van der Waals surface area contributed by atoms with Gasteiger partial charge in [-0.15, -0.1) is 0 Å². The molecule has 0 aliphatic carbocycles. The van der Waals surface area contributed by atoms with Gasteiger partial charge in [0, 0.05) is 49.9 Å². The molecule has 34 heavy (non-hydrogen) atoms. The van der Waals surface area contributed by atoms with Crippen LogP contribution in [0.25, 0.3) is 22.2 Å². The second-order valence-corrected chi connectivity index (χ2v) is 9.68. The molecule has 2 aromatic heterocycles. The van der Waals surface area contributed by atoms with E-state index in [0.717, 1.165) is 44.7 Å². The fraction of sp³-hybridized carbons (Fsp3) is 0.480. The smallest absolute Gasteiger partial charge is 0.261 e. The van der Waals surface area contributed by atoms with Crippen molar-refractivity contribution in [2.45, 2.75) is 38.3 Å². The normalized spacial score (nSPS) is 21.2. The Labute approximate surface area is 201 Å². The maximum absolute atomic E-state index is 15.0. The van der Waals surface area contributed by atoms with Crippen LogP contribution < -0.4 is 10.5 Å². The molecule has 9 heteroatoms. The zero-order valence-corrected chi connectivity index (χ0v) is 19.6. The minimum atomic E-state index is -0.483. The van der Waals surface area contributed by atoms with Gasteiger partial charge < -0.3 is 14.4 Å². The van der Waals surface area contributed by atoms with E-state index in [1.165, 1.54) is 6.07 Å². The van der Waals surface area contributed by atoms with Crippen LogP contribution in [0.3, 0.4) is 0 Å². The Kier molecular flexibility index (Phi) is 5.75. The molecular weight excluding hydrogens is 459 g/mol. The van der Waals surface area contributed by atoms with Gasteiger partial charge in [0.1, 0.15) is 28.7 Å². The van der Waals surface area contributed by atoms with Crippen molar-refractivity contribution in [2.75, 3.05) is 37.8 Å². The molecule has 0 amide bonds. The van der Waals surface area contributed by atoms with Crippen molar-refractivity contribution >= 4 is 28.3 Å². The van der Waals surface area contributed by atoms with Crippen LogP contribution in [0.2, 0.25) is 5.02 Å². The van der Waals surface area contributed by atoms with E-state index in [4.69, 9.17) is 31.0 Å². The van der Waals surface area contributed by atoms with Crippen molar-refractivity contribution in [3.8, 4) is 11.3 Å². The van der Waals surface area contributed by atoms with E-state index in [1.807, 2.05) is 6.07 Å². The molecule has 7 nitrogen and oxygen atoms in total. The highest BCUT2D eigenvalue weighted by Crippen LogP contribution is 2.33. The van der Waals surface area contributed by atoms with E-state index in [1.54, 1.807) is 16.7 Å². The van der Waals surface area contributed by atoms with E-state index in [2.05, 4.69) is 4.90 Å². The van der Waals surface area contributed by atoms with Crippen molar-refractivity contribution in [1.29, 1.82) is 0 Å². The van der Waals surface area contributed by atoms with Gasteiger partial charge >= 0.3 is 0 Å². The predicted octanol–water partition coefficient (Wildman–Crippen LogP) is 3.83. The van der Waals surface area contributed by atoms with Gasteiger partial charge in [-0.25, -0.2) is 14.4 Å². The molecule has 5 heterocycles. The Hall–Kier alpha value is -2.55. The maximum Gasteiger partial charge on any atom is 0.261 e. The summed E-state index contributed by atoms with van der Waals surface area (Å²) >= 11 is 6.01. The number of rotatable bonds is 3. The number of halogens is 2. The molecular formula is C25H26ClFN4O3. The lowest BCUT2D eigenvalue weighted by Crippen LogP contribution is -2.47. The van der Waals surface area contributed by atoms with Gasteiger partial charge in [0.15, 0.2) is 0 Å². The molecule has 1 aromatic carbocycles. The van der Waals surface area contributed by atoms with Crippen molar-refractivity contribution in [1.82, 2.24) is 14.5 Å². The highest BCUT2D eigenvalue weighted by molar-refractivity contribution is 6.30. The number of fused-ring (bicyclic) bond motifs is 2. The van der Waals surface area contributed by atoms with E-state index < -0.39 is 5.82 Å². The Balaban J connectivity index is 1.48. The maximum atomic E-state index is 15.0. The number of anilines is 1. The number of benzene rings is 1. The molecule has 0 radical (unpaired) electrons. The third-order valence-corrected chi connectivity index (χ3v) is 7.42. The Morgan fingerprint density at radius 1 is 1.09 bits per heavy atom. The zero-order valence-electron chi connectivity index (χ0n) is 18.8. The molecule has 178 valence electrons. The second-order valence-electron chi connectivity index (χ2n) is 9.24. The Morgan fingerprint density at radius 3 is 2.76 bits per heavy atom. The highest BCUT2D eigenvalue weighted by atomic mass is 35.5. The van der Waals surface area contributed by atoms with Gasteiger partial charge in [-0.2, -0.15) is 0 Å². The number of morpholine rings is 1. The molecule has 0 spiro atoms. The summed E-state index contributed by atoms with van der Waals surface area (Å²) in [5, 5.41) is 0.775. The lowest BCUT2D eigenvalue weighted by atomic mass is 9.92. The summed E-state index contributed by atoms with van der Waals surface area (Å²) in [6, 6.07) is 6.34. The SMILES string of the molecule is O=c1c2cc(N3CCOC(C4CCOCC4)C3)nc(-c3ccc(Cl)cc3F)c2nc2n1CCC2. The van der Waals surface area contributed by atoms with Gasteiger partial charge in [-0.1, -0.05) is 11.6 Å². The number of pyridine rings is 1. The van der Waals surface area contributed by atoms with Crippen LogP contribution in [0.5, 0.6) is 0 Å². The van der Waals surface area contributed by atoms with Crippen LogP contribution in [-0.4, -0.2) is 53.5 Å². The molecule has 0 saturated carbocycles. The number of aryl methyl sites for hydroxylation is 1. The molecule has 3 aliphatic heterocycles. The van der Waals surface area contributed by atoms with E-state index >= 15 is 4.39 Å². The first-order chi connectivity index (χ1) is 16.6. The summed E-state index contributed by atoms with van der Waals surface area (Å²) in [4.78, 5) is 25.2. The fourth-order valence-corrected chi connectivity index (χ4v) is 5.52. The lowest BCUT2D eigenvalue weighted by Gasteiger charge is -2.39. The molecule has 6 rings (SSSR count). The van der Waals surface area contributed by atoms with Gasteiger partial charge in [-0.3, -0.25) is 9.36 Å². The van der Waals surface area contributed by atoms with E-state index in [-0.39, 0.29) is 11.7 Å². The Bertz CT molecular complexity index is 1310. The van der Waals surface area contributed by atoms with Crippen LogP contribution >= 0.6 is 11.6 Å². The minimum Gasteiger partial charge on any atom is -0.381 e. The van der Waals surface area contributed by atoms with Crippen LogP contribution in [0.4, 0.5) is 10.2 Å². The first-order valence-electron chi connectivity index (χ1n) is 11.9. The average molecular weight is 485 g/mol. The monoisotopic (exact) mass is 484 g/mol. The molecule has 0 bridgehead atoms. The molecule has 2 fully saturated rings. The van der Waals surface area contributed by atoms with E-state index in [9.17, 15) is 4.79 Å². The molecule has 3 aliphatic rings. The summed E-state index contributed by atoms with van der Waals surface area (Å²) in [6.45, 7) is 4.07. The van der Waals surface area contributed by atoms with Crippen molar-refractivity contribution in [2.24, 2.45) is 5.92 Å². The minimum absolute atomic E-state index is 0.0742. The third kappa shape index (κ3) is 3.87. The molecule has 3 aromatic rings. The number of nitrogens with zero attached hydrogens (tertiary/aromatic N) is 4. The quantitative estimate of drug-likeness (QED) is 0.563. The number of ether oxygens (including phenoxy) is 2. The van der Waals surface area contributed by atoms with Gasteiger partial charge in [-0.05, 0) is 49.4 Å². The molecule has 0 N–H and O–H groups in total. The van der Waals surface area contributed by atoms with Gasteiger partial charge in [0.05, 0.1) is 18.1 Å². The topological polar surface area (TPSA) is 69.5 Å². The largest absolute Gasteiger partial charge is 0.381 e. The number of hydrogen-bond acceptors (Lipinski definition) is 6. The van der Waals surface area contributed by atoms with E-state index in [0.29, 0.717) is 65.2 Å². The molecule has 1 atom stereocenters. The third-order valence-electron chi connectivity index (χ3n) is 7.18. The van der Waals surface area contributed by atoms with Crippen molar-refractivity contribution < 1.29 is 13.9 Å². The average Bonchev–Trinajstić information content (AvgIpc) is 3.34. The first-order valence-corrected chi connectivity index (χ1v) is 12.3. The second kappa shape index (κ2) is 8.91. The lowest BCUT2D eigenvalue weighted by molar-refractivity contribution is -0.0400. The molecule has 2 saturated heterocycles. The Morgan fingerprint density at radius 2 is 1.94 bits per heavy atom. The molecule has 1 unspecified atom stereocenters. The predicted molar refractivity (Wildman–Crippen MR) is 128 cm³/mol. The summed E-state index contributed by atoms with van der Waals surface area (Å²) in [6.07, 6.45) is 3.63. The fourth-order valence-electron chi connectivity index (χ4n) is 5.36. The zero-order chi connectivity index (χ0) is 23.2. The van der Waals surface area contributed by atoms with Crippen molar-refractivity contribution in [3.63, 3.8) is 0 Å². The summed E-state index contributed by atoms with van der Waals surface area (Å²) < 4.78 is 28.4. The summed E-state index contributed by atoms with van der Waals surface area (Å²) in [5.41, 5.74) is 1.02. The number of aromatic nitrogens is 3. The van der Waals surface area contributed by atoms with Gasteiger partial charge in [0.25, 0.3) is 5.56 Å². The van der Waals surface area contributed by atoms with Crippen LogP contribution in [0.1, 0.15) is 25.1 Å². The number of hydrogen-bond donors (Lipinski definition) is 0. The standard InChI is InChI=1S/C25H26ClFN4O3/c26-16-3-4-17(19(27)12-16)23-24-18(25(32)31-7-1-2-21(31)28-24)13-22(29-23)30-8-11-34-20(14-30)15-5-9-33-10-6-15/h3-4,12-13,15,20H,1-2,5-11,14H2.